The first-order valence-corrected chi connectivity index (χ1v) is 7.00. The molecule has 7 heteroatoms. The number of aromatic nitrogens is 2. The molecule has 0 atom stereocenters. The summed E-state index contributed by atoms with van der Waals surface area (Å²) in [6.07, 6.45) is 1.60. The molecule has 5 nitrogen and oxygen atoms in total. The van der Waals surface area contributed by atoms with E-state index in [1.165, 1.54) is 0 Å². The maximum Gasteiger partial charge on any atom is 0.234 e. The Balaban J connectivity index is 0.00000161. The molecular weight excluding hydrogens is 313 g/mol. The Hall–Kier alpha value is -1.14. The maximum atomic E-state index is 6.16. The van der Waals surface area contributed by atoms with Crippen molar-refractivity contribution in [3.8, 4) is 11.4 Å². The Morgan fingerprint density at radius 2 is 1.95 bits per heavy atom. The van der Waals surface area contributed by atoms with Crippen molar-refractivity contribution in [2.45, 2.75) is 18.3 Å². The highest BCUT2D eigenvalue weighted by Gasteiger charge is 2.38. The molecule has 2 heterocycles. The van der Waals surface area contributed by atoms with Gasteiger partial charge in [0.1, 0.15) is 0 Å². The van der Waals surface area contributed by atoms with Crippen LogP contribution in [0.3, 0.4) is 0 Å². The summed E-state index contributed by atoms with van der Waals surface area (Å²) in [6.45, 7) is 1.81. The maximum absolute atomic E-state index is 6.16. The van der Waals surface area contributed by atoms with Crippen molar-refractivity contribution in [2.75, 3.05) is 19.8 Å². The predicted octanol–water partition coefficient (Wildman–Crippen LogP) is 2.82. The van der Waals surface area contributed by atoms with Crippen molar-refractivity contribution >= 4 is 24.0 Å². The average Bonchev–Trinajstić information content (AvgIpc) is 2.98. The summed E-state index contributed by atoms with van der Waals surface area (Å²) >= 11 is 6.16. The van der Waals surface area contributed by atoms with Gasteiger partial charge in [-0.25, -0.2) is 0 Å². The summed E-state index contributed by atoms with van der Waals surface area (Å²) in [7, 11) is 0. The normalized spacial score (nSPS) is 17.2. The molecule has 114 valence electrons. The van der Waals surface area contributed by atoms with Crippen molar-refractivity contribution in [1.29, 1.82) is 0 Å². The van der Waals surface area contributed by atoms with E-state index in [0.29, 0.717) is 36.5 Å². The largest absolute Gasteiger partial charge is 0.381 e. The fourth-order valence-electron chi connectivity index (χ4n) is 2.46. The van der Waals surface area contributed by atoms with Crippen molar-refractivity contribution in [3.63, 3.8) is 0 Å². The van der Waals surface area contributed by atoms with E-state index in [4.69, 9.17) is 26.6 Å². The third-order valence-electron chi connectivity index (χ3n) is 3.84. The van der Waals surface area contributed by atoms with Crippen LogP contribution in [0.1, 0.15) is 18.7 Å². The van der Waals surface area contributed by atoms with Crippen LogP contribution in [0.15, 0.2) is 28.8 Å². The van der Waals surface area contributed by atoms with Gasteiger partial charge in [-0.1, -0.05) is 28.9 Å². The molecule has 0 saturated carbocycles. The zero-order valence-electron chi connectivity index (χ0n) is 11.4. The van der Waals surface area contributed by atoms with Crippen LogP contribution in [0, 0.1) is 0 Å². The summed E-state index contributed by atoms with van der Waals surface area (Å²) in [6, 6.07) is 7.44. The van der Waals surface area contributed by atoms with Crippen LogP contribution >= 0.6 is 24.0 Å². The van der Waals surface area contributed by atoms with Crippen LogP contribution in [0.5, 0.6) is 0 Å². The first-order valence-electron chi connectivity index (χ1n) is 6.62. The standard InChI is InChI=1S/C14H16ClN3O2.ClH/c15-11-4-2-1-3-10(11)12-17-13(20-18-12)14(9-16)5-7-19-8-6-14;/h1-4H,5-9,16H2;1H. The van der Waals surface area contributed by atoms with Crippen LogP contribution < -0.4 is 5.73 Å². The SMILES string of the molecule is Cl.NCC1(c2nc(-c3ccccc3Cl)no2)CCOCC1. The van der Waals surface area contributed by atoms with Gasteiger partial charge >= 0.3 is 0 Å². The van der Waals surface area contributed by atoms with Crippen LogP contribution in [0.2, 0.25) is 5.02 Å². The van der Waals surface area contributed by atoms with Gasteiger partial charge in [0.15, 0.2) is 0 Å². The van der Waals surface area contributed by atoms with Gasteiger partial charge in [-0.3, -0.25) is 0 Å². The fourth-order valence-corrected chi connectivity index (χ4v) is 2.68. The second kappa shape index (κ2) is 6.75. The second-order valence-corrected chi connectivity index (χ2v) is 5.41. The van der Waals surface area contributed by atoms with Crippen molar-refractivity contribution in [1.82, 2.24) is 10.1 Å². The number of benzene rings is 1. The minimum atomic E-state index is -0.273. The third-order valence-corrected chi connectivity index (χ3v) is 4.16. The van der Waals surface area contributed by atoms with Gasteiger partial charge in [0.25, 0.3) is 0 Å². The molecule has 1 aromatic heterocycles. The van der Waals surface area contributed by atoms with E-state index in [1.54, 1.807) is 6.07 Å². The summed E-state index contributed by atoms with van der Waals surface area (Å²) < 4.78 is 10.8. The zero-order chi connectivity index (χ0) is 14.0. The average molecular weight is 330 g/mol. The molecule has 0 aliphatic carbocycles. The Morgan fingerprint density at radius 3 is 2.62 bits per heavy atom. The van der Waals surface area contributed by atoms with E-state index >= 15 is 0 Å². The van der Waals surface area contributed by atoms with Crippen LogP contribution in [-0.2, 0) is 10.2 Å². The number of nitrogens with two attached hydrogens (primary N) is 1. The molecule has 2 N–H and O–H groups in total. The van der Waals surface area contributed by atoms with E-state index in [1.807, 2.05) is 18.2 Å². The van der Waals surface area contributed by atoms with Crippen molar-refractivity contribution < 1.29 is 9.26 Å². The smallest absolute Gasteiger partial charge is 0.234 e. The quantitative estimate of drug-likeness (QED) is 0.937. The molecule has 1 aliphatic rings. The molecule has 1 aromatic carbocycles. The summed E-state index contributed by atoms with van der Waals surface area (Å²) in [5, 5.41) is 4.65. The highest BCUT2D eigenvalue weighted by atomic mass is 35.5. The lowest BCUT2D eigenvalue weighted by Gasteiger charge is -2.32. The topological polar surface area (TPSA) is 74.2 Å². The molecule has 1 aliphatic heterocycles. The number of rotatable bonds is 3. The number of hydrogen-bond donors (Lipinski definition) is 1. The first-order chi connectivity index (χ1) is 9.75. The summed E-state index contributed by atoms with van der Waals surface area (Å²) in [5.74, 6) is 1.09. The van der Waals surface area contributed by atoms with Gasteiger partial charge in [0.05, 0.1) is 10.4 Å². The molecule has 0 bridgehead atoms. The van der Waals surface area contributed by atoms with Crippen LogP contribution in [0.25, 0.3) is 11.4 Å². The van der Waals surface area contributed by atoms with Gasteiger partial charge in [0.2, 0.25) is 11.7 Å². The van der Waals surface area contributed by atoms with Gasteiger partial charge in [-0.05, 0) is 25.0 Å². The Bertz CT molecular complexity index is 597. The lowest BCUT2D eigenvalue weighted by atomic mass is 9.80. The Labute approximate surface area is 134 Å². The molecule has 0 spiro atoms. The first kappa shape index (κ1) is 16.2. The highest BCUT2D eigenvalue weighted by Crippen LogP contribution is 2.34. The van der Waals surface area contributed by atoms with E-state index in [0.717, 1.165) is 18.4 Å². The number of halogens is 2. The summed E-state index contributed by atoms with van der Waals surface area (Å²) in [4.78, 5) is 4.51. The van der Waals surface area contributed by atoms with E-state index in [2.05, 4.69) is 10.1 Å². The van der Waals surface area contributed by atoms with E-state index in [9.17, 15) is 0 Å². The monoisotopic (exact) mass is 329 g/mol. The minimum absolute atomic E-state index is 0. The van der Waals surface area contributed by atoms with E-state index < -0.39 is 0 Å². The van der Waals surface area contributed by atoms with Gasteiger partial charge in [-0.2, -0.15) is 4.98 Å². The lowest BCUT2D eigenvalue weighted by molar-refractivity contribution is 0.0409. The molecular formula is C14H17Cl2N3O2. The van der Waals surface area contributed by atoms with Crippen LogP contribution in [0.4, 0.5) is 0 Å². The van der Waals surface area contributed by atoms with Crippen LogP contribution in [-0.4, -0.2) is 29.9 Å². The number of hydrogen-bond acceptors (Lipinski definition) is 5. The van der Waals surface area contributed by atoms with Gasteiger partial charge in [0, 0.05) is 25.3 Å². The van der Waals surface area contributed by atoms with Gasteiger partial charge < -0.3 is 15.0 Å². The number of ether oxygens (including phenoxy) is 1. The molecule has 0 unspecified atom stereocenters. The molecule has 21 heavy (non-hydrogen) atoms. The molecule has 1 fully saturated rings. The Kier molecular flexibility index (Phi) is 5.22. The molecule has 2 aromatic rings. The zero-order valence-corrected chi connectivity index (χ0v) is 13.0. The summed E-state index contributed by atoms with van der Waals surface area (Å²) in [5.41, 5.74) is 6.43. The predicted molar refractivity (Wildman–Crippen MR) is 82.8 cm³/mol. The molecule has 0 amide bonds. The minimum Gasteiger partial charge on any atom is -0.381 e. The van der Waals surface area contributed by atoms with Gasteiger partial charge in [-0.15, -0.1) is 12.4 Å². The Morgan fingerprint density at radius 1 is 1.24 bits per heavy atom. The molecule has 1 saturated heterocycles. The molecule has 3 rings (SSSR count). The van der Waals surface area contributed by atoms with E-state index in [-0.39, 0.29) is 17.8 Å². The molecule has 0 radical (unpaired) electrons. The van der Waals surface area contributed by atoms with Crippen molar-refractivity contribution in [2.24, 2.45) is 5.73 Å². The van der Waals surface area contributed by atoms with Crippen molar-refractivity contribution in [3.05, 3.63) is 35.2 Å². The third kappa shape index (κ3) is 3.06. The highest BCUT2D eigenvalue weighted by molar-refractivity contribution is 6.33. The number of nitrogens with zero attached hydrogens (tertiary/aromatic N) is 2. The second-order valence-electron chi connectivity index (χ2n) is 5.00. The lowest BCUT2D eigenvalue weighted by Crippen LogP contribution is -2.40. The fraction of sp³-hybridized carbons (Fsp3) is 0.429.